The molecular formula is C15H24ClN3O3. The van der Waals surface area contributed by atoms with E-state index in [9.17, 15) is 9.59 Å². The second kappa shape index (κ2) is 9.27. The third-order valence-electron chi connectivity index (χ3n) is 2.68. The van der Waals surface area contributed by atoms with Crippen LogP contribution in [-0.4, -0.2) is 30.5 Å². The maximum absolute atomic E-state index is 11.7. The quantitative estimate of drug-likeness (QED) is 0.695. The highest BCUT2D eigenvalue weighted by molar-refractivity contribution is 5.85. The van der Waals surface area contributed by atoms with Crippen molar-refractivity contribution in [2.75, 3.05) is 13.2 Å². The molecule has 7 heteroatoms. The molecule has 1 aromatic rings. The van der Waals surface area contributed by atoms with Crippen LogP contribution in [0.15, 0.2) is 24.3 Å². The molecule has 0 aliphatic carbocycles. The summed E-state index contributed by atoms with van der Waals surface area (Å²) in [6.07, 6.45) is 0. The average Bonchev–Trinajstić information content (AvgIpc) is 2.42. The van der Waals surface area contributed by atoms with Crippen LogP contribution in [0.5, 0.6) is 5.75 Å². The Balaban J connectivity index is 0.00000441. The van der Waals surface area contributed by atoms with Crippen LogP contribution < -0.4 is 21.1 Å². The van der Waals surface area contributed by atoms with Gasteiger partial charge in [-0.3, -0.25) is 9.59 Å². The van der Waals surface area contributed by atoms with Crippen molar-refractivity contribution in [2.24, 2.45) is 5.73 Å². The number of amides is 2. The Morgan fingerprint density at radius 2 is 1.95 bits per heavy atom. The molecule has 4 N–H and O–H groups in total. The first-order chi connectivity index (χ1) is 9.82. The summed E-state index contributed by atoms with van der Waals surface area (Å²) in [4.78, 5) is 23.0. The summed E-state index contributed by atoms with van der Waals surface area (Å²) in [6, 6.07) is 7.21. The van der Waals surface area contributed by atoms with Crippen LogP contribution in [0.4, 0.5) is 0 Å². The van der Waals surface area contributed by atoms with E-state index >= 15 is 0 Å². The summed E-state index contributed by atoms with van der Waals surface area (Å²) in [5.74, 6) is 0.192. The van der Waals surface area contributed by atoms with Crippen LogP contribution in [0.25, 0.3) is 0 Å². The van der Waals surface area contributed by atoms with E-state index in [0.29, 0.717) is 18.8 Å². The van der Waals surface area contributed by atoms with E-state index in [2.05, 4.69) is 10.6 Å². The Kier molecular flexibility index (Phi) is 8.52. The van der Waals surface area contributed by atoms with Crippen LogP contribution >= 0.6 is 12.4 Å². The fourth-order valence-corrected chi connectivity index (χ4v) is 1.55. The molecule has 0 radical (unpaired) electrons. The lowest BCUT2D eigenvalue weighted by atomic mass is 10.1. The second-order valence-corrected chi connectivity index (χ2v) is 5.29. The first-order valence-electron chi connectivity index (χ1n) is 6.88. The summed E-state index contributed by atoms with van der Waals surface area (Å²) in [6.45, 7) is 6.04. The van der Waals surface area contributed by atoms with E-state index in [-0.39, 0.29) is 30.8 Å². The summed E-state index contributed by atoms with van der Waals surface area (Å²) in [5, 5.41) is 5.40. The molecule has 0 spiro atoms. The van der Waals surface area contributed by atoms with Crippen molar-refractivity contribution in [2.45, 2.75) is 32.9 Å². The predicted octanol–water partition coefficient (Wildman–Crippen LogP) is 0.977. The molecule has 0 fully saturated rings. The molecule has 6 nitrogen and oxygen atoms in total. The van der Waals surface area contributed by atoms with Crippen LogP contribution in [0.3, 0.4) is 0 Å². The first-order valence-corrected chi connectivity index (χ1v) is 6.88. The van der Waals surface area contributed by atoms with Gasteiger partial charge in [0.05, 0.1) is 5.54 Å². The van der Waals surface area contributed by atoms with Gasteiger partial charge in [0.1, 0.15) is 5.75 Å². The molecule has 0 heterocycles. The van der Waals surface area contributed by atoms with Crippen LogP contribution in [0.1, 0.15) is 26.3 Å². The fourth-order valence-electron chi connectivity index (χ4n) is 1.55. The van der Waals surface area contributed by atoms with Crippen molar-refractivity contribution in [1.82, 2.24) is 10.6 Å². The number of hydrogen-bond acceptors (Lipinski definition) is 4. The third-order valence-corrected chi connectivity index (χ3v) is 2.68. The molecule has 0 aliphatic rings. The molecule has 22 heavy (non-hydrogen) atoms. The molecule has 1 rings (SSSR count). The smallest absolute Gasteiger partial charge is 0.257 e. The molecule has 0 aromatic heterocycles. The Morgan fingerprint density at radius 3 is 2.55 bits per heavy atom. The Hall–Kier alpha value is -1.79. The number of carbonyl (C=O) groups is 2. The number of ether oxygens (including phenoxy) is 1. The Morgan fingerprint density at radius 1 is 1.27 bits per heavy atom. The van der Waals surface area contributed by atoms with Gasteiger partial charge in [0, 0.05) is 13.1 Å². The summed E-state index contributed by atoms with van der Waals surface area (Å²) < 4.78 is 5.39. The number of carbonyl (C=O) groups excluding carboxylic acids is 2. The number of rotatable bonds is 7. The van der Waals surface area contributed by atoms with Gasteiger partial charge < -0.3 is 21.1 Å². The zero-order valence-corrected chi connectivity index (χ0v) is 14.0. The number of nitrogens with one attached hydrogen (secondary N) is 2. The van der Waals surface area contributed by atoms with Crippen molar-refractivity contribution in [3.8, 4) is 5.75 Å². The molecule has 0 saturated heterocycles. The van der Waals surface area contributed by atoms with Crippen molar-refractivity contribution >= 4 is 24.2 Å². The average molecular weight is 330 g/mol. The van der Waals surface area contributed by atoms with Crippen molar-refractivity contribution in [1.29, 1.82) is 0 Å². The predicted molar refractivity (Wildman–Crippen MR) is 88.0 cm³/mol. The molecule has 0 bridgehead atoms. The monoisotopic (exact) mass is 329 g/mol. The van der Waals surface area contributed by atoms with Gasteiger partial charge in [0.25, 0.3) is 5.91 Å². The van der Waals surface area contributed by atoms with Crippen molar-refractivity contribution < 1.29 is 14.3 Å². The normalized spacial score (nSPS) is 10.4. The van der Waals surface area contributed by atoms with Crippen molar-refractivity contribution in [3.05, 3.63) is 29.8 Å². The van der Waals surface area contributed by atoms with Gasteiger partial charge in [-0.2, -0.15) is 0 Å². The zero-order valence-electron chi connectivity index (χ0n) is 13.1. The molecule has 0 atom stereocenters. The summed E-state index contributed by atoms with van der Waals surface area (Å²) in [7, 11) is 0. The summed E-state index contributed by atoms with van der Waals surface area (Å²) >= 11 is 0. The maximum Gasteiger partial charge on any atom is 0.257 e. The highest BCUT2D eigenvalue weighted by atomic mass is 35.5. The Bertz CT molecular complexity index is 501. The third kappa shape index (κ3) is 7.28. The number of nitrogens with two attached hydrogens (primary N) is 1. The van der Waals surface area contributed by atoms with E-state index < -0.39 is 5.54 Å². The minimum atomic E-state index is -0.910. The van der Waals surface area contributed by atoms with E-state index in [0.717, 1.165) is 5.56 Å². The second-order valence-electron chi connectivity index (χ2n) is 5.29. The van der Waals surface area contributed by atoms with Gasteiger partial charge in [-0.1, -0.05) is 12.1 Å². The standard InChI is InChI=1S/C15H23N3O3.ClH/c1-4-17-13(19)10-21-12-7-5-6-11(8-12)9-18-14(20)15(2,3)16;/h5-8H,4,9-10,16H2,1-3H3,(H,17,19)(H,18,20);1H. The number of hydrogen-bond donors (Lipinski definition) is 3. The van der Waals surface area contributed by atoms with Crippen molar-refractivity contribution in [3.63, 3.8) is 0 Å². The lowest BCUT2D eigenvalue weighted by Crippen LogP contribution is -2.48. The molecular weight excluding hydrogens is 306 g/mol. The number of benzene rings is 1. The van der Waals surface area contributed by atoms with E-state index in [4.69, 9.17) is 10.5 Å². The van der Waals surface area contributed by atoms with Gasteiger partial charge in [0.2, 0.25) is 5.91 Å². The topological polar surface area (TPSA) is 93.5 Å². The number of likely N-dealkylation sites (N-methyl/N-ethyl adjacent to an activating group) is 1. The largest absolute Gasteiger partial charge is 0.484 e. The van der Waals surface area contributed by atoms with Crippen LogP contribution in [0.2, 0.25) is 0 Å². The zero-order chi connectivity index (χ0) is 15.9. The van der Waals surface area contributed by atoms with E-state index in [1.165, 1.54) is 0 Å². The minimum absolute atomic E-state index is 0. The molecule has 0 saturated carbocycles. The van der Waals surface area contributed by atoms with Gasteiger partial charge in [-0.05, 0) is 38.5 Å². The first kappa shape index (κ1) is 20.2. The highest BCUT2D eigenvalue weighted by Gasteiger charge is 2.21. The van der Waals surface area contributed by atoms with Crippen LogP contribution in [0, 0.1) is 0 Å². The molecule has 0 aliphatic heterocycles. The van der Waals surface area contributed by atoms with E-state index in [1.807, 2.05) is 19.1 Å². The molecule has 2 amide bonds. The van der Waals surface area contributed by atoms with Gasteiger partial charge in [0.15, 0.2) is 6.61 Å². The lowest BCUT2D eigenvalue weighted by Gasteiger charge is -2.17. The maximum atomic E-state index is 11.7. The Labute approximate surface area is 137 Å². The van der Waals surface area contributed by atoms with Gasteiger partial charge in [-0.25, -0.2) is 0 Å². The lowest BCUT2D eigenvalue weighted by molar-refractivity contribution is -0.125. The van der Waals surface area contributed by atoms with Crippen LogP contribution in [-0.2, 0) is 16.1 Å². The SMILES string of the molecule is CCNC(=O)COc1cccc(CNC(=O)C(C)(C)N)c1.Cl. The molecule has 1 aromatic carbocycles. The van der Waals surface area contributed by atoms with Gasteiger partial charge >= 0.3 is 0 Å². The van der Waals surface area contributed by atoms with E-state index in [1.54, 1.807) is 26.0 Å². The minimum Gasteiger partial charge on any atom is -0.484 e. The fraction of sp³-hybridized carbons (Fsp3) is 0.467. The highest BCUT2D eigenvalue weighted by Crippen LogP contribution is 2.13. The van der Waals surface area contributed by atoms with Gasteiger partial charge in [-0.15, -0.1) is 12.4 Å². The molecule has 124 valence electrons. The summed E-state index contributed by atoms with van der Waals surface area (Å²) in [5.41, 5.74) is 5.67. The number of halogens is 1. The molecule has 0 unspecified atom stereocenters.